The van der Waals surface area contributed by atoms with Crippen LogP contribution in [-0.2, 0) is 9.99 Å². The van der Waals surface area contributed by atoms with Gasteiger partial charge in [0.25, 0.3) is 0 Å². The molecular formula is C13H11BFNO4S. The second kappa shape index (κ2) is 4.76. The molecule has 2 aromatic rings. The van der Waals surface area contributed by atoms with Gasteiger partial charge in [0.1, 0.15) is 5.82 Å². The van der Waals surface area contributed by atoms with E-state index in [9.17, 15) is 8.60 Å². The summed E-state index contributed by atoms with van der Waals surface area (Å²) in [6.45, 7) is 0. The van der Waals surface area contributed by atoms with E-state index in [0.29, 0.717) is 22.6 Å². The van der Waals surface area contributed by atoms with Gasteiger partial charge in [-0.05, 0) is 40.9 Å². The first kappa shape index (κ1) is 13.9. The topological polar surface area (TPSA) is 78.8 Å². The van der Waals surface area contributed by atoms with Crippen molar-refractivity contribution >= 4 is 34.1 Å². The summed E-state index contributed by atoms with van der Waals surface area (Å²) in [4.78, 5) is 0. The fraction of sp³-hybridized carbons (Fsp3) is 0. The number of rotatable bonds is 2. The average Bonchev–Trinajstić information content (AvgIpc) is 2.70. The van der Waals surface area contributed by atoms with Crippen molar-refractivity contribution < 1.29 is 22.8 Å². The molecule has 3 N–H and O–H groups in total. The van der Waals surface area contributed by atoms with Gasteiger partial charge in [-0.1, -0.05) is 12.1 Å². The van der Waals surface area contributed by atoms with E-state index < -0.39 is 22.9 Å². The molecule has 1 aliphatic rings. The zero-order valence-electron chi connectivity index (χ0n) is 10.7. The fourth-order valence-electron chi connectivity index (χ4n) is 2.12. The molecule has 0 aromatic heterocycles. The van der Waals surface area contributed by atoms with E-state index in [1.165, 1.54) is 12.1 Å². The van der Waals surface area contributed by atoms with E-state index in [2.05, 4.69) is 10.6 Å². The number of anilines is 1. The lowest BCUT2D eigenvalue weighted by Gasteiger charge is -2.07. The maximum absolute atomic E-state index is 13.5. The Hall–Kier alpha value is -2.03. The van der Waals surface area contributed by atoms with Crippen LogP contribution >= 0.6 is 0 Å². The predicted octanol–water partition coefficient (Wildman–Crippen LogP) is 0.523. The molecule has 8 heteroatoms. The van der Waals surface area contributed by atoms with Crippen molar-refractivity contribution in [2.45, 2.75) is 0 Å². The Labute approximate surface area is 121 Å². The molecule has 1 heterocycles. The fourth-order valence-corrected chi connectivity index (χ4v) is 3.09. The van der Waals surface area contributed by atoms with E-state index in [1.54, 1.807) is 18.2 Å². The molecule has 0 bridgehead atoms. The highest BCUT2D eigenvalue weighted by Crippen LogP contribution is 2.36. The summed E-state index contributed by atoms with van der Waals surface area (Å²) in [7, 11) is -4.60. The van der Waals surface area contributed by atoms with Gasteiger partial charge >= 0.3 is 7.12 Å². The van der Waals surface area contributed by atoms with Crippen molar-refractivity contribution in [2.24, 2.45) is 0 Å². The lowest BCUT2D eigenvalue weighted by atomic mass is 9.79. The standard InChI is InChI=1S/C13H11BFNO4S/c1-21(19)16-12-3-2-8(6-13(12)20-21)9-4-10(14(17)18)7-11(15)5-9/h2-7,17-18H,1H2,(H,16,19). The van der Waals surface area contributed by atoms with Gasteiger partial charge in [0.2, 0.25) is 9.99 Å². The van der Waals surface area contributed by atoms with Crippen LogP contribution in [0.1, 0.15) is 0 Å². The first-order valence-electron chi connectivity index (χ1n) is 5.99. The highest BCUT2D eigenvalue weighted by atomic mass is 32.2. The van der Waals surface area contributed by atoms with Gasteiger partial charge in [-0.3, -0.25) is 4.72 Å². The third kappa shape index (κ3) is 2.73. The minimum absolute atomic E-state index is 0.0468. The second-order valence-electron chi connectivity index (χ2n) is 4.66. The van der Waals surface area contributed by atoms with E-state index >= 15 is 0 Å². The molecule has 0 spiro atoms. The molecule has 5 nitrogen and oxygen atoms in total. The largest absolute Gasteiger partial charge is 0.488 e. The van der Waals surface area contributed by atoms with E-state index in [-0.39, 0.29) is 5.46 Å². The molecule has 3 rings (SSSR count). The molecule has 0 saturated carbocycles. The summed E-state index contributed by atoms with van der Waals surface area (Å²) >= 11 is 0. The van der Waals surface area contributed by atoms with Crippen LogP contribution in [0.2, 0.25) is 0 Å². The molecule has 0 saturated heterocycles. The number of benzene rings is 2. The molecule has 1 unspecified atom stereocenters. The third-order valence-electron chi connectivity index (χ3n) is 3.02. The van der Waals surface area contributed by atoms with Gasteiger partial charge in [-0.15, -0.1) is 0 Å². The van der Waals surface area contributed by atoms with Crippen molar-refractivity contribution in [3.8, 4) is 16.9 Å². The molecule has 21 heavy (non-hydrogen) atoms. The quantitative estimate of drug-likeness (QED) is 0.558. The maximum atomic E-state index is 13.5. The number of hydrogen-bond donors (Lipinski definition) is 3. The molecule has 2 aromatic carbocycles. The summed E-state index contributed by atoms with van der Waals surface area (Å²) in [6.07, 6.45) is 0. The summed E-state index contributed by atoms with van der Waals surface area (Å²) < 4.78 is 33.1. The van der Waals surface area contributed by atoms with Crippen molar-refractivity contribution in [3.05, 3.63) is 42.2 Å². The van der Waals surface area contributed by atoms with Crippen LogP contribution in [0.15, 0.2) is 36.4 Å². The van der Waals surface area contributed by atoms with E-state index in [1.807, 2.05) is 0 Å². The minimum atomic E-state index is -2.84. The summed E-state index contributed by atoms with van der Waals surface area (Å²) in [5, 5.41) is 18.3. The molecule has 0 aliphatic carbocycles. The van der Waals surface area contributed by atoms with Gasteiger partial charge < -0.3 is 14.2 Å². The average molecular weight is 307 g/mol. The van der Waals surface area contributed by atoms with Crippen molar-refractivity contribution in [1.29, 1.82) is 0 Å². The van der Waals surface area contributed by atoms with Crippen LogP contribution < -0.4 is 14.4 Å². The zero-order valence-corrected chi connectivity index (χ0v) is 11.6. The normalized spacial score (nSPS) is 19.6. The number of nitrogens with one attached hydrogen (secondary N) is 1. The Balaban J connectivity index is 2.07. The Bertz CT molecular complexity index is 823. The lowest BCUT2D eigenvalue weighted by Crippen LogP contribution is -2.30. The first-order valence-corrected chi connectivity index (χ1v) is 7.65. The molecule has 0 amide bonds. The Morgan fingerprint density at radius 2 is 1.95 bits per heavy atom. The Morgan fingerprint density at radius 3 is 2.67 bits per heavy atom. The number of fused-ring (bicyclic) bond motifs is 1. The molecule has 1 atom stereocenters. The van der Waals surface area contributed by atoms with Crippen LogP contribution in [0.5, 0.6) is 5.75 Å². The van der Waals surface area contributed by atoms with Crippen LogP contribution in [0.3, 0.4) is 0 Å². The first-order chi connectivity index (χ1) is 9.84. The summed E-state index contributed by atoms with van der Waals surface area (Å²) in [6, 6.07) is 8.67. The third-order valence-corrected chi connectivity index (χ3v) is 4.00. The SMILES string of the molecule is C=S1(=O)Nc2ccc(-c3cc(F)cc(B(O)O)c3)cc2O1. The van der Waals surface area contributed by atoms with Gasteiger partial charge in [-0.2, -0.15) is 0 Å². The smallest absolute Gasteiger partial charge is 0.423 e. The minimum Gasteiger partial charge on any atom is -0.423 e. The van der Waals surface area contributed by atoms with E-state index in [0.717, 1.165) is 6.07 Å². The van der Waals surface area contributed by atoms with Crippen LogP contribution in [0, 0.1) is 5.82 Å². The van der Waals surface area contributed by atoms with Crippen molar-refractivity contribution in [2.75, 3.05) is 4.72 Å². The lowest BCUT2D eigenvalue weighted by molar-refractivity contribution is 0.425. The van der Waals surface area contributed by atoms with Crippen molar-refractivity contribution in [3.63, 3.8) is 0 Å². The van der Waals surface area contributed by atoms with Crippen LogP contribution in [0.4, 0.5) is 10.1 Å². The monoisotopic (exact) mass is 307 g/mol. The highest BCUT2D eigenvalue weighted by Gasteiger charge is 2.21. The number of hydrogen-bond acceptors (Lipinski definition) is 4. The van der Waals surface area contributed by atoms with Crippen molar-refractivity contribution in [1.82, 2.24) is 0 Å². The van der Waals surface area contributed by atoms with Gasteiger partial charge in [0.05, 0.1) is 5.69 Å². The molecule has 108 valence electrons. The Morgan fingerprint density at radius 1 is 1.19 bits per heavy atom. The van der Waals surface area contributed by atoms with Crippen LogP contribution in [0.25, 0.3) is 11.1 Å². The molecule has 1 aliphatic heterocycles. The molecule has 0 fully saturated rings. The van der Waals surface area contributed by atoms with Gasteiger partial charge in [0.15, 0.2) is 5.75 Å². The van der Waals surface area contributed by atoms with Crippen LogP contribution in [-0.4, -0.2) is 27.2 Å². The molecule has 0 radical (unpaired) electrons. The maximum Gasteiger partial charge on any atom is 0.488 e. The summed E-state index contributed by atoms with van der Waals surface area (Å²) in [5.74, 6) is 3.17. The second-order valence-corrected chi connectivity index (χ2v) is 6.26. The van der Waals surface area contributed by atoms with Gasteiger partial charge in [0, 0.05) is 5.87 Å². The number of halogens is 1. The van der Waals surface area contributed by atoms with Gasteiger partial charge in [-0.25, -0.2) is 8.60 Å². The molecular weight excluding hydrogens is 296 g/mol. The zero-order chi connectivity index (χ0) is 15.2. The van der Waals surface area contributed by atoms with E-state index in [4.69, 9.17) is 14.2 Å². The highest BCUT2D eigenvalue weighted by molar-refractivity contribution is 7.97. The Kier molecular flexibility index (Phi) is 3.16. The predicted molar refractivity (Wildman–Crippen MR) is 81.2 cm³/mol. The summed E-state index contributed by atoms with van der Waals surface area (Å²) in [5.41, 5.74) is 1.63.